The minimum atomic E-state index is -0.0106. The minimum absolute atomic E-state index is 0.0106. The predicted octanol–water partition coefficient (Wildman–Crippen LogP) is 2.58. The van der Waals surface area contributed by atoms with E-state index in [1.54, 1.807) is 23.4 Å². The Labute approximate surface area is 119 Å². The number of rotatable bonds is 1. The van der Waals surface area contributed by atoms with Crippen LogP contribution in [0.1, 0.15) is 21.5 Å². The summed E-state index contributed by atoms with van der Waals surface area (Å²) in [4.78, 5) is 18.2. The lowest BCUT2D eigenvalue weighted by Crippen LogP contribution is -2.25. The second-order valence-corrected chi connectivity index (χ2v) is 5.50. The van der Waals surface area contributed by atoms with Crippen LogP contribution in [0.4, 0.5) is 5.69 Å². The molecule has 0 spiro atoms. The van der Waals surface area contributed by atoms with Gasteiger partial charge in [-0.3, -0.25) is 9.78 Å². The quantitative estimate of drug-likeness (QED) is 0.822. The van der Waals surface area contributed by atoms with E-state index in [0.717, 1.165) is 21.3 Å². The molecule has 19 heavy (non-hydrogen) atoms. The van der Waals surface area contributed by atoms with Crippen LogP contribution in [0.25, 0.3) is 0 Å². The molecule has 0 aliphatic carbocycles. The molecule has 1 aliphatic rings. The van der Waals surface area contributed by atoms with Crippen molar-refractivity contribution in [1.82, 2.24) is 9.88 Å². The van der Waals surface area contributed by atoms with E-state index in [1.807, 2.05) is 18.2 Å². The van der Waals surface area contributed by atoms with Crippen LogP contribution in [-0.4, -0.2) is 15.8 Å². The van der Waals surface area contributed by atoms with Crippen LogP contribution in [0.2, 0.25) is 0 Å². The Hall–Kier alpha value is -1.88. The Morgan fingerprint density at radius 1 is 1.21 bits per heavy atom. The Kier molecular flexibility index (Phi) is 2.98. The third kappa shape index (κ3) is 2.33. The van der Waals surface area contributed by atoms with Crippen molar-refractivity contribution in [3.05, 3.63) is 57.8 Å². The Morgan fingerprint density at radius 3 is 2.79 bits per heavy atom. The summed E-state index contributed by atoms with van der Waals surface area (Å²) in [6.45, 7) is 1.23. The second kappa shape index (κ2) is 4.66. The Bertz CT molecular complexity index is 657. The highest BCUT2D eigenvalue weighted by Gasteiger charge is 2.24. The molecule has 0 atom stereocenters. The summed E-state index contributed by atoms with van der Waals surface area (Å²) in [7, 11) is 0. The number of nitrogen functional groups attached to an aromatic ring is 1. The maximum absolute atomic E-state index is 12.4. The number of hydrogen-bond donors (Lipinski definition) is 1. The number of nitrogens with zero attached hydrogens (tertiary/aromatic N) is 2. The van der Waals surface area contributed by atoms with E-state index >= 15 is 0 Å². The van der Waals surface area contributed by atoms with Gasteiger partial charge in [-0.2, -0.15) is 0 Å². The van der Waals surface area contributed by atoms with Gasteiger partial charge >= 0.3 is 0 Å². The monoisotopic (exact) mass is 317 g/mol. The minimum Gasteiger partial charge on any atom is -0.399 e. The zero-order chi connectivity index (χ0) is 13.4. The maximum Gasteiger partial charge on any atom is 0.256 e. The largest absolute Gasteiger partial charge is 0.399 e. The van der Waals surface area contributed by atoms with E-state index in [1.165, 1.54) is 0 Å². The average molecular weight is 318 g/mol. The van der Waals surface area contributed by atoms with Crippen molar-refractivity contribution < 1.29 is 4.79 Å². The molecule has 0 fully saturated rings. The number of aromatic nitrogens is 1. The van der Waals surface area contributed by atoms with Crippen molar-refractivity contribution in [3.8, 4) is 0 Å². The van der Waals surface area contributed by atoms with Crippen molar-refractivity contribution in [1.29, 1.82) is 0 Å². The van der Waals surface area contributed by atoms with Gasteiger partial charge in [0.1, 0.15) is 0 Å². The van der Waals surface area contributed by atoms with Gasteiger partial charge in [0.15, 0.2) is 0 Å². The van der Waals surface area contributed by atoms with E-state index in [4.69, 9.17) is 5.73 Å². The highest BCUT2D eigenvalue weighted by atomic mass is 79.9. The lowest BCUT2D eigenvalue weighted by molar-refractivity contribution is 0.0751. The molecule has 0 radical (unpaired) electrons. The number of nitrogens with two attached hydrogens (primary N) is 1. The highest BCUT2D eigenvalue weighted by molar-refractivity contribution is 9.10. The number of amides is 1. The fourth-order valence-electron chi connectivity index (χ4n) is 2.27. The summed E-state index contributed by atoms with van der Waals surface area (Å²) in [5.41, 5.74) is 9.37. The van der Waals surface area contributed by atoms with Crippen LogP contribution in [0.5, 0.6) is 0 Å². The van der Waals surface area contributed by atoms with Crippen LogP contribution in [-0.2, 0) is 13.1 Å². The summed E-state index contributed by atoms with van der Waals surface area (Å²) >= 11 is 3.33. The molecule has 4 nitrogen and oxygen atoms in total. The van der Waals surface area contributed by atoms with Gasteiger partial charge in [0, 0.05) is 35.6 Å². The van der Waals surface area contributed by atoms with Crippen LogP contribution in [0.15, 0.2) is 41.1 Å². The number of hydrogen-bond acceptors (Lipinski definition) is 3. The van der Waals surface area contributed by atoms with Crippen molar-refractivity contribution in [2.45, 2.75) is 13.1 Å². The smallest absolute Gasteiger partial charge is 0.256 e. The molecular formula is C14H12BrN3O. The molecule has 0 saturated heterocycles. The van der Waals surface area contributed by atoms with Crippen molar-refractivity contribution >= 4 is 27.5 Å². The molecule has 0 bridgehead atoms. The molecule has 96 valence electrons. The number of benzene rings is 1. The van der Waals surface area contributed by atoms with Crippen LogP contribution < -0.4 is 5.73 Å². The van der Waals surface area contributed by atoms with Crippen LogP contribution in [0.3, 0.4) is 0 Å². The first-order chi connectivity index (χ1) is 9.13. The zero-order valence-corrected chi connectivity index (χ0v) is 11.7. The molecule has 0 saturated carbocycles. The number of pyridine rings is 1. The van der Waals surface area contributed by atoms with Crippen molar-refractivity contribution in [2.75, 3.05) is 5.73 Å². The molecule has 1 aliphatic heterocycles. The molecule has 1 aromatic carbocycles. The standard InChI is InChI=1S/C14H12BrN3O/c15-12-3-10(5-17-6-12)14(19)18-7-9-1-2-13(16)4-11(9)8-18/h1-6H,7-8,16H2. The molecule has 1 amide bonds. The molecule has 3 rings (SSSR count). The first kappa shape index (κ1) is 12.2. The molecule has 1 aromatic heterocycles. The lowest BCUT2D eigenvalue weighted by atomic mass is 10.1. The number of anilines is 1. The summed E-state index contributed by atoms with van der Waals surface area (Å²) < 4.78 is 0.805. The zero-order valence-electron chi connectivity index (χ0n) is 10.1. The third-order valence-corrected chi connectivity index (χ3v) is 3.63. The normalized spacial score (nSPS) is 13.4. The van der Waals surface area contributed by atoms with Crippen LogP contribution >= 0.6 is 15.9 Å². The van der Waals surface area contributed by atoms with Crippen LogP contribution in [0, 0.1) is 0 Å². The molecule has 5 heteroatoms. The van der Waals surface area contributed by atoms with Gasteiger partial charge in [0.2, 0.25) is 0 Å². The topological polar surface area (TPSA) is 59.2 Å². The number of fused-ring (bicyclic) bond motifs is 1. The Balaban J connectivity index is 1.85. The highest BCUT2D eigenvalue weighted by Crippen LogP contribution is 2.26. The van der Waals surface area contributed by atoms with E-state index in [0.29, 0.717) is 18.7 Å². The summed E-state index contributed by atoms with van der Waals surface area (Å²) in [5, 5.41) is 0. The Morgan fingerprint density at radius 2 is 2.00 bits per heavy atom. The number of carbonyl (C=O) groups is 1. The van der Waals surface area contributed by atoms with Gasteiger partial charge in [0.25, 0.3) is 5.91 Å². The van der Waals surface area contributed by atoms with E-state index in [-0.39, 0.29) is 5.91 Å². The van der Waals surface area contributed by atoms with Gasteiger partial charge in [-0.1, -0.05) is 6.07 Å². The number of halogens is 1. The first-order valence-corrected chi connectivity index (χ1v) is 6.70. The van der Waals surface area contributed by atoms with Crippen molar-refractivity contribution in [3.63, 3.8) is 0 Å². The maximum atomic E-state index is 12.4. The third-order valence-electron chi connectivity index (χ3n) is 3.19. The van der Waals surface area contributed by atoms with Gasteiger partial charge in [-0.05, 0) is 45.3 Å². The fourth-order valence-corrected chi connectivity index (χ4v) is 2.63. The molecule has 2 aromatic rings. The summed E-state index contributed by atoms with van der Waals surface area (Å²) in [5.74, 6) is -0.0106. The SMILES string of the molecule is Nc1ccc2c(c1)CN(C(=O)c1cncc(Br)c1)C2. The molecular weight excluding hydrogens is 306 g/mol. The summed E-state index contributed by atoms with van der Waals surface area (Å²) in [6.07, 6.45) is 3.25. The first-order valence-electron chi connectivity index (χ1n) is 5.90. The number of carbonyl (C=O) groups excluding carboxylic acids is 1. The molecule has 2 heterocycles. The predicted molar refractivity (Wildman–Crippen MR) is 76.4 cm³/mol. The van der Waals surface area contributed by atoms with Gasteiger partial charge in [-0.15, -0.1) is 0 Å². The van der Waals surface area contributed by atoms with Gasteiger partial charge < -0.3 is 10.6 Å². The molecule has 2 N–H and O–H groups in total. The summed E-state index contributed by atoms with van der Waals surface area (Å²) in [6, 6.07) is 7.57. The second-order valence-electron chi connectivity index (χ2n) is 4.58. The van der Waals surface area contributed by atoms with E-state index in [9.17, 15) is 4.79 Å². The van der Waals surface area contributed by atoms with Crippen molar-refractivity contribution in [2.24, 2.45) is 0 Å². The van der Waals surface area contributed by atoms with E-state index in [2.05, 4.69) is 20.9 Å². The van der Waals surface area contributed by atoms with E-state index < -0.39 is 0 Å². The van der Waals surface area contributed by atoms with Gasteiger partial charge in [-0.25, -0.2) is 0 Å². The fraction of sp³-hybridized carbons (Fsp3) is 0.143. The van der Waals surface area contributed by atoms with Gasteiger partial charge in [0.05, 0.1) is 5.56 Å². The average Bonchev–Trinajstić information content (AvgIpc) is 2.80. The lowest BCUT2D eigenvalue weighted by Gasteiger charge is -2.15. The molecule has 0 unspecified atom stereocenters.